The highest BCUT2D eigenvalue weighted by Gasteiger charge is 2.35. The Bertz CT molecular complexity index is 1380. The predicted molar refractivity (Wildman–Crippen MR) is 108 cm³/mol. The lowest BCUT2D eigenvalue weighted by atomic mass is 9.92. The summed E-state index contributed by atoms with van der Waals surface area (Å²) in [6, 6.07) is 9.00. The molecule has 1 aliphatic carbocycles. The molecule has 0 saturated heterocycles. The second-order valence-electron chi connectivity index (χ2n) is 7.29. The molecular weight excluding hydrogens is 384 g/mol. The Morgan fingerprint density at radius 3 is 2.23 bits per heavy atom. The summed E-state index contributed by atoms with van der Waals surface area (Å²) in [5.41, 5.74) is 2.37. The molecule has 0 atom stereocenters. The molecule has 1 aliphatic heterocycles. The van der Waals surface area contributed by atoms with Crippen LogP contribution in [0.4, 0.5) is 0 Å². The summed E-state index contributed by atoms with van der Waals surface area (Å²) in [5.74, 6) is -1.64. The number of carbonyl (C=O) groups excluding carboxylic acids is 2. The summed E-state index contributed by atoms with van der Waals surface area (Å²) in [5, 5.41) is 25.6. The molecule has 2 N–H and O–H groups in total. The van der Waals surface area contributed by atoms with Crippen LogP contribution in [-0.4, -0.2) is 33.1 Å². The zero-order chi connectivity index (χ0) is 21.2. The number of aromatic hydroxyl groups is 1. The van der Waals surface area contributed by atoms with Crippen LogP contribution in [0.2, 0.25) is 0 Å². The number of amides is 2. The number of benzene rings is 2. The fourth-order valence-electron chi connectivity index (χ4n) is 4.24. The largest absolute Gasteiger partial charge is 0.494 e. The van der Waals surface area contributed by atoms with E-state index in [2.05, 4.69) is 10.1 Å². The van der Waals surface area contributed by atoms with Gasteiger partial charge in [-0.2, -0.15) is 15.4 Å². The monoisotopic (exact) mass is 398 g/mol. The molecule has 2 amide bonds. The fraction of sp³-hybridized carbons (Fsp3) is 0.136. The van der Waals surface area contributed by atoms with Gasteiger partial charge in [0.1, 0.15) is 11.6 Å². The first kappa shape index (κ1) is 17.8. The molecule has 3 aromatic rings. The van der Waals surface area contributed by atoms with Crippen molar-refractivity contribution in [1.82, 2.24) is 9.99 Å². The summed E-state index contributed by atoms with van der Waals surface area (Å²) in [6.07, 6.45) is 2.86. The minimum atomic E-state index is -0.729. The topological polar surface area (TPSA) is 127 Å². The maximum atomic E-state index is 13.0. The van der Waals surface area contributed by atoms with E-state index in [1.165, 1.54) is 6.92 Å². The summed E-state index contributed by atoms with van der Waals surface area (Å²) in [7, 11) is 0. The number of pyridine rings is 1. The minimum absolute atomic E-state index is 0.0475. The Morgan fingerprint density at radius 2 is 1.67 bits per heavy atom. The first-order valence-electron chi connectivity index (χ1n) is 9.28. The van der Waals surface area contributed by atoms with Crippen LogP contribution >= 0.6 is 0 Å². The van der Waals surface area contributed by atoms with Crippen molar-refractivity contribution >= 4 is 28.8 Å². The lowest BCUT2D eigenvalue weighted by Crippen LogP contribution is -2.36. The van der Waals surface area contributed by atoms with Gasteiger partial charge < -0.3 is 5.11 Å². The molecule has 146 valence electrons. The quantitative estimate of drug-likeness (QED) is 0.505. The molecule has 0 saturated carbocycles. The van der Waals surface area contributed by atoms with Gasteiger partial charge in [-0.3, -0.25) is 19.4 Å². The van der Waals surface area contributed by atoms with E-state index in [-0.39, 0.29) is 16.7 Å². The number of aryl methyl sites for hydroxylation is 2. The zero-order valence-electron chi connectivity index (χ0n) is 15.8. The highest BCUT2D eigenvalue weighted by atomic mass is 16.3. The molecule has 0 bridgehead atoms. The van der Waals surface area contributed by atoms with E-state index in [0.717, 1.165) is 40.6 Å². The predicted octanol–water partition coefficient (Wildman–Crippen LogP) is 2.14. The third-order valence-electron chi connectivity index (χ3n) is 5.75. The minimum Gasteiger partial charge on any atom is -0.494 e. The lowest BCUT2D eigenvalue weighted by Gasteiger charge is -2.23. The number of hydrazone groups is 1. The Morgan fingerprint density at radius 1 is 1.07 bits per heavy atom. The van der Waals surface area contributed by atoms with Crippen LogP contribution in [0.5, 0.6) is 5.88 Å². The second-order valence-corrected chi connectivity index (χ2v) is 7.29. The van der Waals surface area contributed by atoms with Crippen LogP contribution < -0.4 is 5.56 Å². The number of H-pyrrole nitrogens is 1. The molecule has 30 heavy (non-hydrogen) atoms. The number of nitrogens with zero attached hydrogens (tertiary/aromatic N) is 3. The molecule has 1 aromatic heterocycles. The highest BCUT2D eigenvalue weighted by Crippen LogP contribution is 2.38. The number of imide groups is 1. The number of hydrogen-bond donors (Lipinski definition) is 2. The fourth-order valence-corrected chi connectivity index (χ4v) is 4.24. The maximum absolute atomic E-state index is 13.0. The molecule has 0 spiro atoms. The van der Waals surface area contributed by atoms with Crippen LogP contribution in [0.1, 0.15) is 48.5 Å². The molecule has 8 nitrogen and oxygen atoms in total. The van der Waals surface area contributed by atoms with Crippen LogP contribution in [0.25, 0.3) is 10.8 Å². The van der Waals surface area contributed by atoms with Crippen molar-refractivity contribution < 1.29 is 14.7 Å². The molecular formula is C22H14N4O4. The van der Waals surface area contributed by atoms with Gasteiger partial charge in [-0.25, -0.2) is 0 Å². The van der Waals surface area contributed by atoms with Crippen molar-refractivity contribution in [1.29, 1.82) is 5.26 Å². The van der Waals surface area contributed by atoms with Crippen LogP contribution in [0, 0.1) is 18.3 Å². The van der Waals surface area contributed by atoms with Crippen LogP contribution in [-0.2, 0) is 12.8 Å². The second kappa shape index (κ2) is 6.12. The van der Waals surface area contributed by atoms with E-state index >= 15 is 0 Å². The Balaban J connectivity index is 1.63. The van der Waals surface area contributed by atoms with Crippen molar-refractivity contribution in [3.63, 3.8) is 0 Å². The number of aromatic amines is 1. The summed E-state index contributed by atoms with van der Waals surface area (Å²) in [6.45, 7) is 1.48. The molecule has 0 radical (unpaired) electrons. The number of aromatic nitrogens is 1. The summed E-state index contributed by atoms with van der Waals surface area (Å²) >= 11 is 0. The van der Waals surface area contributed by atoms with Crippen molar-refractivity contribution in [2.24, 2.45) is 5.10 Å². The van der Waals surface area contributed by atoms with Crippen molar-refractivity contribution in [2.75, 3.05) is 0 Å². The van der Waals surface area contributed by atoms with Gasteiger partial charge in [-0.15, -0.1) is 0 Å². The van der Waals surface area contributed by atoms with Gasteiger partial charge >= 0.3 is 0 Å². The molecule has 2 heterocycles. The zero-order valence-corrected chi connectivity index (χ0v) is 15.8. The average molecular weight is 398 g/mol. The molecule has 5 rings (SSSR count). The van der Waals surface area contributed by atoms with Crippen LogP contribution in [0.15, 0.2) is 34.2 Å². The van der Waals surface area contributed by atoms with Gasteiger partial charge in [0.15, 0.2) is 0 Å². The smallest absolute Gasteiger partial charge is 0.282 e. The van der Waals surface area contributed by atoms with Gasteiger partial charge in [-0.05, 0) is 54.0 Å². The standard InChI is InChI=1S/C22H14N4O4/c1-10-15(8-23)19(27)25-20(28)16(10)9-24-26-21(29)13-6-4-11-2-3-12-5-7-14(22(26)30)18(13)17(11)12/h4-7,9H,2-3H2,1H3,(H2,25,27,28). The number of nitriles is 1. The molecule has 2 aliphatic rings. The normalized spacial score (nSPS) is 14.7. The number of nitrogens with one attached hydrogen (secondary N) is 1. The van der Waals surface area contributed by atoms with E-state index in [1.807, 2.05) is 12.1 Å². The third kappa shape index (κ3) is 2.26. The lowest BCUT2D eigenvalue weighted by molar-refractivity contribution is 0.0616. The van der Waals surface area contributed by atoms with E-state index in [0.29, 0.717) is 16.5 Å². The van der Waals surface area contributed by atoms with E-state index < -0.39 is 23.3 Å². The highest BCUT2D eigenvalue weighted by molar-refractivity contribution is 6.26. The van der Waals surface area contributed by atoms with Gasteiger partial charge in [-0.1, -0.05) is 12.1 Å². The number of hydrogen-bond acceptors (Lipinski definition) is 6. The molecule has 2 aromatic carbocycles. The number of carbonyl (C=O) groups is 2. The van der Waals surface area contributed by atoms with Crippen molar-refractivity contribution in [3.8, 4) is 11.9 Å². The van der Waals surface area contributed by atoms with Crippen molar-refractivity contribution in [2.45, 2.75) is 19.8 Å². The molecule has 0 fully saturated rings. The van der Waals surface area contributed by atoms with Gasteiger partial charge in [0.25, 0.3) is 17.4 Å². The van der Waals surface area contributed by atoms with Crippen molar-refractivity contribution in [3.05, 3.63) is 73.6 Å². The van der Waals surface area contributed by atoms with Gasteiger partial charge in [0.2, 0.25) is 5.88 Å². The van der Waals surface area contributed by atoms with E-state index in [1.54, 1.807) is 18.2 Å². The average Bonchev–Trinajstić information content (AvgIpc) is 3.14. The summed E-state index contributed by atoms with van der Waals surface area (Å²) in [4.78, 5) is 40.0. The number of rotatable bonds is 2. The van der Waals surface area contributed by atoms with Crippen LogP contribution in [0.3, 0.4) is 0 Å². The van der Waals surface area contributed by atoms with Gasteiger partial charge in [0, 0.05) is 5.39 Å². The molecule has 0 unspecified atom stereocenters. The van der Waals surface area contributed by atoms with E-state index in [9.17, 15) is 19.5 Å². The third-order valence-corrected chi connectivity index (χ3v) is 5.75. The Hall–Kier alpha value is -4.25. The first-order valence-corrected chi connectivity index (χ1v) is 9.28. The first-order chi connectivity index (χ1) is 14.4. The SMILES string of the molecule is Cc1c(C=NN2C(=O)c3ccc4c5c(ccc(c35)C2=O)CC4)c(O)[nH]c(=O)c1C#N. The Labute approximate surface area is 169 Å². The van der Waals surface area contributed by atoms with E-state index in [4.69, 9.17) is 5.26 Å². The Kier molecular flexibility index (Phi) is 3.64. The maximum Gasteiger partial charge on any atom is 0.282 e. The molecule has 8 heteroatoms. The van der Waals surface area contributed by atoms with Gasteiger partial charge in [0.05, 0.1) is 22.9 Å². The summed E-state index contributed by atoms with van der Waals surface area (Å²) < 4.78 is 0.